The van der Waals surface area contributed by atoms with E-state index in [0.717, 1.165) is 39.0 Å². The first-order valence-electron chi connectivity index (χ1n) is 6.86. The largest absolute Gasteiger partial charge is 0.349 e. The fourth-order valence-corrected chi connectivity index (χ4v) is 4.33. The Bertz CT molecular complexity index is 690. The summed E-state index contributed by atoms with van der Waals surface area (Å²) in [6, 6.07) is 0. The summed E-state index contributed by atoms with van der Waals surface area (Å²) in [5.74, 6) is 0.545. The van der Waals surface area contributed by atoms with Crippen LogP contribution >= 0.6 is 37.9 Å². The summed E-state index contributed by atoms with van der Waals surface area (Å²) >= 11 is 14.0. The maximum atomic E-state index is 4.69. The van der Waals surface area contributed by atoms with Gasteiger partial charge in [-0.2, -0.15) is 0 Å². The quantitative estimate of drug-likeness (QED) is 0.583. The van der Waals surface area contributed by atoms with Gasteiger partial charge in [0.05, 0.1) is 10.5 Å². The molecule has 0 amide bonds. The SMILES string of the molecule is Cc1c(S)c(C)c2c([C@H]3CCN(C)C3)c(S)[nH]c2c1S. The highest BCUT2D eigenvalue weighted by Crippen LogP contribution is 2.42. The first-order valence-corrected chi connectivity index (χ1v) is 8.20. The van der Waals surface area contributed by atoms with Gasteiger partial charge in [0.25, 0.3) is 0 Å². The summed E-state index contributed by atoms with van der Waals surface area (Å²) in [5, 5.41) is 2.26. The molecule has 2 heterocycles. The van der Waals surface area contributed by atoms with Crippen molar-refractivity contribution in [1.29, 1.82) is 0 Å². The highest BCUT2D eigenvalue weighted by atomic mass is 32.1. The van der Waals surface area contributed by atoms with E-state index >= 15 is 0 Å². The van der Waals surface area contributed by atoms with Crippen LogP contribution in [0.2, 0.25) is 0 Å². The first-order chi connectivity index (χ1) is 9.41. The minimum absolute atomic E-state index is 0.545. The van der Waals surface area contributed by atoms with E-state index in [0.29, 0.717) is 5.92 Å². The van der Waals surface area contributed by atoms with E-state index in [1.807, 2.05) is 0 Å². The lowest BCUT2D eigenvalue weighted by Crippen LogP contribution is -2.13. The van der Waals surface area contributed by atoms with Crippen LogP contribution in [0.3, 0.4) is 0 Å². The standard InChI is InChI=1S/C15H20N2S3/c1-7-10-11(9-4-5-17(3)6-9)15(20)16-12(10)14(19)8(2)13(7)18/h9,16,18-20H,4-6H2,1-3H3/t9-/m0/s1. The Hall–Kier alpha value is -0.230. The van der Waals surface area contributed by atoms with Crippen LogP contribution in [0.4, 0.5) is 0 Å². The maximum absolute atomic E-state index is 4.69. The molecule has 0 bridgehead atoms. The number of aryl methyl sites for hydroxylation is 1. The van der Waals surface area contributed by atoms with Gasteiger partial charge in [-0.3, -0.25) is 0 Å². The molecule has 1 fully saturated rings. The summed E-state index contributed by atoms with van der Waals surface area (Å²) < 4.78 is 0. The highest BCUT2D eigenvalue weighted by molar-refractivity contribution is 7.81. The van der Waals surface area contributed by atoms with Gasteiger partial charge in [0.15, 0.2) is 0 Å². The van der Waals surface area contributed by atoms with Crippen molar-refractivity contribution in [2.24, 2.45) is 0 Å². The van der Waals surface area contributed by atoms with Gasteiger partial charge in [-0.15, -0.1) is 37.9 Å². The zero-order valence-electron chi connectivity index (χ0n) is 12.0. The molecule has 0 unspecified atom stereocenters. The molecule has 1 N–H and O–H groups in total. The van der Waals surface area contributed by atoms with Crippen LogP contribution in [0, 0.1) is 13.8 Å². The predicted octanol–water partition coefficient (Wildman–Crippen LogP) is 4.07. The second-order valence-corrected chi connectivity index (χ2v) is 7.17. The van der Waals surface area contributed by atoms with Crippen molar-refractivity contribution in [2.75, 3.05) is 20.1 Å². The van der Waals surface area contributed by atoms with Gasteiger partial charge in [-0.1, -0.05) is 0 Å². The van der Waals surface area contributed by atoms with Crippen LogP contribution < -0.4 is 0 Å². The van der Waals surface area contributed by atoms with Crippen molar-refractivity contribution >= 4 is 48.8 Å². The molecule has 1 aliphatic rings. The minimum atomic E-state index is 0.545. The molecule has 108 valence electrons. The summed E-state index contributed by atoms with van der Waals surface area (Å²) in [5.41, 5.74) is 4.82. The first kappa shape index (κ1) is 14.7. The summed E-state index contributed by atoms with van der Waals surface area (Å²) in [4.78, 5) is 7.84. The molecular formula is C15H20N2S3. The molecule has 5 heteroatoms. The van der Waals surface area contributed by atoms with Crippen molar-refractivity contribution in [3.05, 3.63) is 16.7 Å². The molecule has 0 radical (unpaired) electrons. The molecule has 1 aliphatic heterocycles. The number of thiol groups is 3. The molecule has 1 aromatic carbocycles. The van der Waals surface area contributed by atoms with Crippen LogP contribution in [0.5, 0.6) is 0 Å². The van der Waals surface area contributed by atoms with E-state index in [2.05, 4.69) is 56.0 Å². The molecule has 0 spiro atoms. The third-order valence-corrected chi connectivity index (χ3v) is 6.08. The zero-order valence-corrected chi connectivity index (χ0v) is 14.7. The number of benzene rings is 1. The summed E-state index contributed by atoms with van der Waals surface area (Å²) in [6.45, 7) is 6.46. The van der Waals surface area contributed by atoms with E-state index in [1.165, 1.54) is 22.9 Å². The van der Waals surface area contributed by atoms with Crippen LogP contribution in [-0.2, 0) is 0 Å². The Labute approximate surface area is 136 Å². The normalized spacial score (nSPS) is 20.2. The molecule has 0 aliphatic carbocycles. The second-order valence-electron chi connectivity index (χ2n) is 5.83. The zero-order chi connectivity index (χ0) is 14.6. The van der Waals surface area contributed by atoms with Crippen LogP contribution in [0.1, 0.15) is 29.0 Å². The van der Waals surface area contributed by atoms with Gasteiger partial charge in [-0.25, -0.2) is 0 Å². The Morgan fingerprint density at radius 2 is 1.80 bits per heavy atom. The topological polar surface area (TPSA) is 19.0 Å². The van der Waals surface area contributed by atoms with E-state index < -0.39 is 0 Å². The second kappa shape index (κ2) is 5.20. The van der Waals surface area contributed by atoms with Crippen molar-refractivity contribution in [1.82, 2.24) is 9.88 Å². The van der Waals surface area contributed by atoms with Crippen LogP contribution in [0.25, 0.3) is 10.9 Å². The van der Waals surface area contributed by atoms with E-state index in [1.54, 1.807) is 0 Å². The van der Waals surface area contributed by atoms with Crippen molar-refractivity contribution in [3.63, 3.8) is 0 Å². The molecular weight excluding hydrogens is 304 g/mol. The number of H-pyrrole nitrogens is 1. The number of hydrogen-bond donors (Lipinski definition) is 4. The maximum Gasteiger partial charge on any atom is 0.0737 e. The summed E-state index contributed by atoms with van der Waals surface area (Å²) in [6.07, 6.45) is 1.19. The molecule has 3 rings (SSSR count). The number of aromatic amines is 1. The fourth-order valence-electron chi connectivity index (χ4n) is 3.34. The number of likely N-dealkylation sites (N-methyl/N-ethyl adjacent to an activating group) is 1. The molecule has 1 saturated heterocycles. The van der Waals surface area contributed by atoms with Gasteiger partial charge in [0.1, 0.15) is 0 Å². The number of aromatic nitrogens is 1. The Morgan fingerprint density at radius 1 is 1.10 bits per heavy atom. The molecule has 1 atom stereocenters. The summed E-state index contributed by atoms with van der Waals surface area (Å²) in [7, 11) is 2.18. The number of nitrogens with one attached hydrogen (secondary N) is 1. The van der Waals surface area contributed by atoms with Crippen molar-refractivity contribution in [3.8, 4) is 0 Å². The Morgan fingerprint density at radius 3 is 2.40 bits per heavy atom. The van der Waals surface area contributed by atoms with Crippen LogP contribution in [0.15, 0.2) is 14.8 Å². The highest BCUT2D eigenvalue weighted by Gasteiger charge is 2.28. The Kier molecular flexibility index (Phi) is 3.82. The van der Waals surface area contributed by atoms with Gasteiger partial charge in [-0.05, 0) is 50.6 Å². The number of nitrogens with zero attached hydrogens (tertiary/aromatic N) is 1. The molecule has 20 heavy (non-hydrogen) atoms. The van der Waals surface area contributed by atoms with E-state index in [4.69, 9.17) is 12.6 Å². The lowest BCUT2D eigenvalue weighted by molar-refractivity contribution is 0.411. The number of likely N-dealkylation sites (tertiary alicyclic amines) is 1. The number of rotatable bonds is 1. The third-order valence-electron chi connectivity index (χ3n) is 4.49. The van der Waals surface area contributed by atoms with Gasteiger partial charge in [0.2, 0.25) is 0 Å². The average Bonchev–Trinajstić information content (AvgIpc) is 2.97. The monoisotopic (exact) mass is 324 g/mol. The lowest BCUT2D eigenvalue weighted by Gasteiger charge is -2.14. The number of fused-ring (bicyclic) bond motifs is 1. The predicted molar refractivity (Wildman–Crippen MR) is 94.4 cm³/mol. The van der Waals surface area contributed by atoms with Crippen LogP contribution in [-0.4, -0.2) is 30.0 Å². The number of hydrogen-bond acceptors (Lipinski definition) is 4. The third kappa shape index (κ3) is 2.10. The van der Waals surface area contributed by atoms with E-state index in [-0.39, 0.29) is 0 Å². The van der Waals surface area contributed by atoms with Crippen molar-refractivity contribution in [2.45, 2.75) is 41.0 Å². The van der Waals surface area contributed by atoms with Crippen molar-refractivity contribution < 1.29 is 0 Å². The van der Waals surface area contributed by atoms with Gasteiger partial charge >= 0.3 is 0 Å². The molecule has 0 saturated carbocycles. The molecule has 2 nitrogen and oxygen atoms in total. The van der Waals surface area contributed by atoms with Gasteiger partial charge in [0, 0.05) is 27.6 Å². The Balaban J connectivity index is 2.30. The van der Waals surface area contributed by atoms with Gasteiger partial charge < -0.3 is 9.88 Å². The lowest BCUT2D eigenvalue weighted by atomic mass is 9.94. The smallest absolute Gasteiger partial charge is 0.0737 e. The average molecular weight is 325 g/mol. The minimum Gasteiger partial charge on any atom is -0.349 e. The fraction of sp³-hybridized carbons (Fsp3) is 0.467. The molecule has 1 aromatic heterocycles. The van der Waals surface area contributed by atoms with E-state index in [9.17, 15) is 0 Å². The molecule has 2 aromatic rings.